The average molecular weight is 377 g/mol. The van der Waals surface area contributed by atoms with E-state index in [1.807, 2.05) is 6.92 Å². The molecule has 0 aliphatic carbocycles. The molecule has 4 nitrogen and oxygen atoms in total. The average Bonchev–Trinajstić information content (AvgIpc) is 2.89. The van der Waals surface area contributed by atoms with E-state index in [0.29, 0.717) is 12.8 Å². The molecular weight excluding hydrogens is 357 g/mol. The molecule has 25 heavy (non-hydrogen) atoms. The van der Waals surface area contributed by atoms with Gasteiger partial charge in [-0.2, -0.15) is 23.3 Å². The van der Waals surface area contributed by atoms with E-state index >= 15 is 0 Å². The highest BCUT2D eigenvalue weighted by molar-refractivity contribution is 6.33. The van der Waals surface area contributed by atoms with Crippen molar-refractivity contribution >= 4 is 23.2 Å². The highest BCUT2D eigenvalue weighted by Gasteiger charge is 2.63. The summed E-state index contributed by atoms with van der Waals surface area (Å²) in [4.78, 5) is 12.5. The lowest BCUT2D eigenvalue weighted by Gasteiger charge is -2.32. The van der Waals surface area contributed by atoms with E-state index in [4.69, 9.17) is 11.6 Å². The molecule has 2 rings (SSSR count). The van der Waals surface area contributed by atoms with Crippen LogP contribution in [0.25, 0.3) is 0 Å². The SMILES string of the molecule is CCCCCCC1=NN(C(=O)c2ccccc2Cl)[C@@](O)(C(F)(F)F)C1. The number of halogens is 4. The summed E-state index contributed by atoms with van der Waals surface area (Å²) in [5.41, 5.74) is -3.32. The van der Waals surface area contributed by atoms with Crippen LogP contribution in [0.5, 0.6) is 0 Å². The number of nitrogens with zero attached hydrogens (tertiary/aromatic N) is 2. The first-order valence-electron chi connectivity index (χ1n) is 8.15. The minimum Gasteiger partial charge on any atom is -0.362 e. The van der Waals surface area contributed by atoms with Crippen molar-refractivity contribution in [2.24, 2.45) is 5.10 Å². The zero-order chi connectivity index (χ0) is 18.7. The third-order valence-corrected chi connectivity index (χ3v) is 4.44. The van der Waals surface area contributed by atoms with Gasteiger partial charge in [0, 0.05) is 12.1 Å². The van der Waals surface area contributed by atoms with Crippen LogP contribution in [0, 0.1) is 0 Å². The number of hydrazone groups is 1. The third-order valence-electron chi connectivity index (χ3n) is 4.11. The Bertz CT molecular complexity index is 664. The van der Waals surface area contributed by atoms with Crippen LogP contribution < -0.4 is 0 Å². The third kappa shape index (κ3) is 4.15. The molecule has 1 aromatic rings. The Morgan fingerprint density at radius 3 is 2.60 bits per heavy atom. The van der Waals surface area contributed by atoms with Gasteiger partial charge in [0.25, 0.3) is 11.6 Å². The van der Waals surface area contributed by atoms with E-state index in [1.165, 1.54) is 18.2 Å². The van der Waals surface area contributed by atoms with Crippen molar-refractivity contribution in [3.8, 4) is 0 Å². The van der Waals surface area contributed by atoms with Crippen LogP contribution in [0.3, 0.4) is 0 Å². The number of carbonyl (C=O) groups excluding carboxylic acids is 1. The standard InChI is InChI=1S/C17H20ClF3N2O2/c1-2-3-4-5-8-12-11-16(25,17(19,20)21)23(22-12)15(24)13-9-6-7-10-14(13)18/h6-7,9-10,25H,2-5,8,11H2,1H3/t16-/m0/s1. The maximum atomic E-state index is 13.4. The zero-order valence-electron chi connectivity index (χ0n) is 13.8. The number of amides is 1. The minimum atomic E-state index is -5.03. The lowest BCUT2D eigenvalue weighted by Crippen LogP contribution is -2.56. The van der Waals surface area contributed by atoms with Gasteiger partial charge in [-0.25, -0.2) is 0 Å². The second-order valence-electron chi connectivity index (χ2n) is 6.06. The Balaban J connectivity index is 2.28. The predicted molar refractivity (Wildman–Crippen MR) is 89.4 cm³/mol. The van der Waals surface area contributed by atoms with Crippen LogP contribution in [-0.4, -0.2) is 33.6 Å². The number of hydrogen-bond donors (Lipinski definition) is 1. The summed E-state index contributed by atoms with van der Waals surface area (Å²) in [5, 5.41) is 14.1. The summed E-state index contributed by atoms with van der Waals surface area (Å²) >= 11 is 5.90. The molecule has 0 aromatic heterocycles. The lowest BCUT2D eigenvalue weighted by atomic mass is 10.0. The molecule has 0 radical (unpaired) electrons. The van der Waals surface area contributed by atoms with E-state index in [0.717, 1.165) is 19.3 Å². The summed E-state index contributed by atoms with van der Waals surface area (Å²) in [6, 6.07) is 5.74. The Morgan fingerprint density at radius 2 is 2.00 bits per heavy atom. The van der Waals surface area contributed by atoms with Crippen molar-refractivity contribution in [3.63, 3.8) is 0 Å². The van der Waals surface area contributed by atoms with Gasteiger partial charge in [0.15, 0.2) is 0 Å². The quantitative estimate of drug-likeness (QED) is 0.727. The van der Waals surface area contributed by atoms with Gasteiger partial charge in [0.2, 0.25) is 0 Å². The van der Waals surface area contributed by atoms with Crippen molar-refractivity contribution in [2.45, 2.75) is 57.3 Å². The monoisotopic (exact) mass is 376 g/mol. The summed E-state index contributed by atoms with van der Waals surface area (Å²) in [6.45, 7) is 2.03. The molecule has 1 heterocycles. The molecule has 138 valence electrons. The van der Waals surface area contributed by atoms with Crippen LogP contribution in [-0.2, 0) is 0 Å². The Labute approximate surface area is 149 Å². The number of rotatable bonds is 6. The van der Waals surface area contributed by atoms with Gasteiger partial charge in [-0.1, -0.05) is 49.9 Å². The molecule has 1 aliphatic rings. The summed E-state index contributed by atoms with van der Waals surface area (Å²) in [5.74, 6) is -1.08. The summed E-state index contributed by atoms with van der Waals surface area (Å²) in [6.07, 6.45) is -1.97. The van der Waals surface area contributed by atoms with E-state index in [9.17, 15) is 23.1 Å². The molecule has 0 fully saturated rings. The van der Waals surface area contributed by atoms with Gasteiger partial charge in [-0.05, 0) is 25.0 Å². The lowest BCUT2D eigenvalue weighted by molar-refractivity contribution is -0.297. The van der Waals surface area contributed by atoms with Gasteiger partial charge in [0.1, 0.15) is 0 Å². The molecule has 0 unspecified atom stereocenters. The molecule has 1 aliphatic heterocycles. The van der Waals surface area contributed by atoms with Crippen LogP contribution in [0.15, 0.2) is 29.4 Å². The molecule has 0 saturated heterocycles. The van der Waals surface area contributed by atoms with E-state index in [2.05, 4.69) is 5.10 Å². The van der Waals surface area contributed by atoms with Gasteiger partial charge in [-0.3, -0.25) is 4.79 Å². The highest BCUT2D eigenvalue weighted by atomic mass is 35.5. The number of unbranched alkanes of at least 4 members (excludes halogenated alkanes) is 3. The molecule has 1 atom stereocenters. The van der Waals surface area contributed by atoms with Crippen LogP contribution in [0.1, 0.15) is 55.8 Å². The first kappa shape index (κ1) is 19.7. The molecule has 1 N–H and O–H groups in total. The van der Waals surface area contributed by atoms with Crippen molar-refractivity contribution in [1.29, 1.82) is 0 Å². The minimum absolute atomic E-state index is 0.00335. The van der Waals surface area contributed by atoms with Crippen molar-refractivity contribution < 1.29 is 23.1 Å². The largest absolute Gasteiger partial charge is 0.438 e. The number of benzene rings is 1. The molecule has 1 amide bonds. The van der Waals surface area contributed by atoms with Gasteiger partial charge < -0.3 is 5.11 Å². The highest BCUT2D eigenvalue weighted by Crippen LogP contribution is 2.42. The van der Waals surface area contributed by atoms with Crippen LogP contribution >= 0.6 is 11.6 Å². The zero-order valence-corrected chi connectivity index (χ0v) is 14.6. The summed E-state index contributed by atoms with van der Waals surface area (Å²) in [7, 11) is 0. The first-order chi connectivity index (χ1) is 11.7. The predicted octanol–water partition coefficient (Wildman–Crippen LogP) is 4.76. The number of carbonyl (C=O) groups is 1. The van der Waals surface area contributed by atoms with Crippen LogP contribution in [0.2, 0.25) is 5.02 Å². The van der Waals surface area contributed by atoms with E-state index in [1.54, 1.807) is 6.07 Å². The molecule has 0 saturated carbocycles. The second kappa shape index (κ2) is 7.74. The van der Waals surface area contributed by atoms with Crippen molar-refractivity contribution in [3.05, 3.63) is 34.9 Å². The number of alkyl halides is 3. The normalized spacial score (nSPS) is 20.7. The molecule has 1 aromatic carbocycles. The Hall–Kier alpha value is -1.60. The number of aliphatic hydroxyl groups is 1. The van der Waals surface area contributed by atoms with Gasteiger partial charge >= 0.3 is 6.18 Å². The molecule has 0 spiro atoms. The maximum Gasteiger partial charge on any atom is 0.438 e. The van der Waals surface area contributed by atoms with Crippen molar-refractivity contribution in [2.75, 3.05) is 0 Å². The first-order valence-corrected chi connectivity index (χ1v) is 8.53. The fourth-order valence-corrected chi connectivity index (χ4v) is 2.91. The maximum absolute atomic E-state index is 13.4. The molecular formula is C17H20ClF3N2O2. The topological polar surface area (TPSA) is 52.9 Å². The molecule has 0 bridgehead atoms. The Kier molecular flexibility index (Phi) is 6.11. The van der Waals surface area contributed by atoms with Crippen LogP contribution in [0.4, 0.5) is 13.2 Å². The Morgan fingerprint density at radius 1 is 1.32 bits per heavy atom. The van der Waals surface area contributed by atoms with Gasteiger partial charge in [0.05, 0.1) is 10.6 Å². The fraction of sp³-hybridized carbons (Fsp3) is 0.529. The van der Waals surface area contributed by atoms with Gasteiger partial charge in [-0.15, -0.1) is 0 Å². The summed E-state index contributed by atoms with van der Waals surface area (Å²) < 4.78 is 40.3. The van der Waals surface area contributed by atoms with Crippen molar-refractivity contribution in [1.82, 2.24) is 5.01 Å². The van der Waals surface area contributed by atoms with E-state index in [-0.39, 0.29) is 21.3 Å². The number of hydrogen-bond acceptors (Lipinski definition) is 3. The molecule has 8 heteroatoms. The smallest absolute Gasteiger partial charge is 0.362 e. The second-order valence-corrected chi connectivity index (χ2v) is 6.47. The van der Waals surface area contributed by atoms with E-state index < -0.39 is 24.2 Å². The fourth-order valence-electron chi connectivity index (χ4n) is 2.70.